The summed E-state index contributed by atoms with van der Waals surface area (Å²) >= 11 is 12.3. The van der Waals surface area contributed by atoms with Gasteiger partial charge in [-0.25, -0.2) is 0 Å². The van der Waals surface area contributed by atoms with Crippen LogP contribution in [0.4, 0.5) is 11.4 Å². The van der Waals surface area contributed by atoms with Gasteiger partial charge in [-0.3, -0.25) is 19.3 Å². The molecule has 164 valence electrons. The normalized spacial score (nSPS) is 16.4. The van der Waals surface area contributed by atoms with Crippen molar-refractivity contribution >= 4 is 52.3 Å². The van der Waals surface area contributed by atoms with Crippen molar-refractivity contribution in [3.05, 3.63) is 57.6 Å². The van der Waals surface area contributed by atoms with E-state index in [4.69, 9.17) is 28.9 Å². The fourth-order valence-corrected chi connectivity index (χ4v) is 4.00. The minimum atomic E-state index is -0.728. The summed E-state index contributed by atoms with van der Waals surface area (Å²) in [5, 5.41) is 6.14. The molecule has 1 heterocycles. The highest BCUT2D eigenvalue weighted by Gasteiger charge is 2.40. The number of amides is 3. The van der Waals surface area contributed by atoms with Crippen LogP contribution in [-0.2, 0) is 4.79 Å². The largest absolute Gasteiger partial charge is 0.351 e. The number of halogens is 2. The van der Waals surface area contributed by atoms with Gasteiger partial charge in [0.25, 0.3) is 11.8 Å². The SMILES string of the molecule is CCC(C)C1C(=O)Nc2cc(C(=O)NCCN)ccc2N1C(=O)c1ccc(Cl)cc1Cl. The second-order valence-corrected chi connectivity index (χ2v) is 8.24. The van der Waals surface area contributed by atoms with Gasteiger partial charge in [-0.1, -0.05) is 43.5 Å². The van der Waals surface area contributed by atoms with Crippen molar-refractivity contribution in [2.75, 3.05) is 23.3 Å². The van der Waals surface area contributed by atoms with Crippen LogP contribution in [0.25, 0.3) is 0 Å². The third-order valence-electron chi connectivity index (χ3n) is 5.32. The molecule has 2 aromatic carbocycles. The molecule has 0 bridgehead atoms. The molecule has 0 spiro atoms. The van der Waals surface area contributed by atoms with Crippen LogP contribution < -0.4 is 21.3 Å². The van der Waals surface area contributed by atoms with E-state index in [1.165, 1.54) is 11.0 Å². The summed E-state index contributed by atoms with van der Waals surface area (Å²) in [5.41, 5.74) is 6.90. The molecule has 9 heteroatoms. The smallest absolute Gasteiger partial charge is 0.260 e. The Morgan fingerprint density at radius 1 is 1.23 bits per heavy atom. The Hall–Kier alpha value is -2.61. The maximum atomic E-state index is 13.6. The van der Waals surface area contributed by atoms with Gasteiger partial charge in [0.2, 0.25) is 5.91 Å². The lowest BCUT2D eigenvalue weighted by Crippen LogP contribution is -2.54. The Kier molecular flexibility index (Phi) is 7.20. The topological polar surface area (TPSA) is 105 Å². The van der Waals surface area contributed by atoms with Gasteiger partial charge < -0.3 is 16.4 Å². The van der Waals surface area contributed by atoms with Gasteiger partial charge in [-0.2, -0.15) is 0 Å². The van der Waals surface area contributed by atoms with E-state index in [1.54, 1.807) is 30.3 Å². The van der Waals surface area contributed by atoms with Gasteiger partial charge in [-0.15, -0.1) is 0 Å². The fourth-order valence-electron chi connectivity index (χ4n) is 3.51. The Morgan fingerprint density at radius 3 is 2.61 bits per heavy atom. The van der Waals surface area contributed by atoms with E-state index in [1.807, 2.05) is 13.8 Å². The van der Waals surface area contributed by atoms with E-state index in [2.05, 4.69) is 10.6 Å². The molecule has 4 N–H and O–H groups in total. The maximum absolute atomic E-state index is 13.6. The van der Waals surface area contributed by atoms with Crippen LogP contribution in [0.5, 0.6) is 0 Å². The van der Waals surface area contributed by atoms with Crippen LogP contribution >= 0.6 is 23.2 Å². The number of benzene rings is 2. The average Bonchev–Trinajstić information content (AvgIpc) is 2.75. The molecule has 0 radical (unpaired) electrons. The Labute approximate surface area is 190 Å². The molecule has 3 rings (SSSR count). The molecule has 0 aromatic heterocycles. The van der Waals surface area contributed by atoms with Crippen LogP contribution in [0.3, 0.4) is 0 Å². The van der Waals surface area contributed by atoms with Gasteiger partial charge in [0, 0.05) is 23.7 Å². The summed E-state index contributed by atoms with van der Waals surface area (Å²) in [6.45, 7) is 4.51. The predicted octanol–water partition coefficient (Wildman–Crippen LogP) is 3.70. The van der Waals surface area contributed by atoms with E-state index in [-0.39, 0.29) is 28.3 Å². The number of nitrogens with zero attached hydrogens (tertiary/aromatic N) is 1. The lowest BCUT2D eigenvalue weighted by molar-refractivity contribution is -0.118. The molecule has 2 aromatic rings. The summed E-state index contributed by atoms with van der Waals surface area (Å²) in [4.78, 5) is 40.3. The van der Waals surface area contributed by atoms with Crippen LogP contribution in [0, 0.1) is 5.92 Å². The second kappa shape index (κ2) is 9.68. The Bertz CT molecular complexity index is 1030. The molecule has 2 atom stereocenters. The monoisotopic (exact) mass is 462 g/mol. The number of carbonyl (C=O) groups excluding carboxylic acids is 3. The van der Waals surface area contributed by atoms with Crippen molar-refractivity contribution in [1.29, 1.82) is 0 Å². The summed E-state index contributed by atoms with van der Waals surface area (Å²) < 4.78 is 0. The predicted molar refractivity (Wildman–Crippen MR) is 123 cm³/mol. The maximum Gasteiger partial charge on any atom is 0.260 e. The lowest BCUT2D eigenvalue weighted by atomic mass is 9.92. The minimum absolute atomic E-state index is 0.115. The van der Waals surface area contributed by atoms with Crippen LogP contribution in [0.1, 0.15) is 41.0 Å². The average molecular weight is 463 g/mol. The summed E-state index contributed by atoms with van der Waals surface area (Å²) in [7, 11) is 0. The third-order valence-corrected chi connectivity index (χ3v) is 5.86. The van der Waals surface area contributed by atoms with Crippen molar-refractivity contribution in [1.82, 2.24) is 5.32 Å². The Balaban J connectivity index is 2.08. The molecule has 0 saturated carbocycles. The molecule has 1 aliphatic rings. The first-order chi connectivity index (χ1) is 14.8. The van der Waals surface area contributed by atoms with Gasteiger partial charge in [0.15, 0.2) is 0 Å². The number of hydrogen-bond donors (Lipinski definition) is 3. The van der Waals surface area contributed by atoms with E-state index < -0.39 is 11.9 Å². The van der Waals surface area contributed by atoms with Crippen molar-refractivity contribution in [2.45, 2.75) is 26.3 Å². The number of anilines is 2. The first kappa shape index (κ1) is 23.1. The fraction of sp³-hybridized carbons (Fsp3) is 0.318. The van der Waals surface area contributed by atoms with Crippen molar-refractivity contribution in [3.8, 4) is 0 Å². The van der Waals surface area contributed by atoms with Crippen molar-refractivity contribution in [2.24, 2.45) is 11.7 Å². The van der Waals surface area contributed by atoms with Gasteiger partial charge in [-0.05, 0) is 42.3 Å². The molecule has 31 heavy (non-hydrogen) atoms. The highest BCUT2D eigenvalue weighted by molar-refractivity contribution is 6.37. The zero-order valence-electron chi connectivity index (χ0n) is 17.2. The van der Waals surface area contributed by atoms with Crippen molar-refractivity contribution < 1.29 is 14.4 Å². The Morgan fingerprint density at radius 2 is 1.97 bits per heavy atom. The number of carbonyl (C=O) groups is 3. The number of rotatable bonds is 6. The van der Waals surface area contributed by atoms with Gasteiger partial charge >= 0.3 is 0 Å². The standard InChI is InChI=1S/C22H24Cl2N4O3/c1-3-12(2)19-21(30)27-17-10-13(20(29)26-9-8-25)4-7-18(17)28(19)22(31)15-6-5-14(23)11-16(15)24/h4-7,10-12,19H,3,8-9,25H2,1-2H3,(H,26,29)(H,27,30). The van der Waals surface area contributed by atoms with Crippen LogP contribution in [0.2, 0.25) is 10.0 Å². The van der Waals surface area contributed by atoms with Gasteiger partial charge in [0.1, 0.15) is 6.04 Å². The van der Waals surface area contributed by atoms with E-state index >= 15 is 0 Å². The summed E-state index contributed by atoms with van der Waals surface area (Å²) in [5.74, 6) is -1.16. The molecular weight excluding hydrogens is 439 g/mol. The van der Waals surface area contributed by atoms with Crippen LogP contribution in [-0.4, -0.2) is 36.9 Å². The molecule has 1 aliphatic heterocycles. The van der Waals surface area contributed by atoms with Crippen molar-refractivity contribution in [3.63, 3.8) is 0 Å². The minimum Gasteiger partial charge on any atom is -0.351 e. The highest BCUT2D eigenvalue weighted by Crippen LogP contribution is 2.38. The van der Waals surface area contributed by atoms with Gasteiger partial charge in [0.05, 0.1) is 22.0 Å². The highest BCUT2D eigenvalue weighted by atomic mass is 35.5. The molecular formula is C22H24Cl2N4O3. The zero-order chi connectivity index (χ0) is 22.7. The van der Waals surface area contributed by atoms with E-state index in [0.717, 1.165) is 0 Å². The second-order valence-electron chi connectivity index (χ2n) is 7.40. The molecule has 7 nitrogen and oxygen atoms in total. The lowest BCUT2D eigenvalue weighted by Gasteiger charge is -2.39. The summed E-state index contributed by atoms with van der Waals surface area (Å²) in [6, 6.07) is 8.70. The van der Waals surface area contributed by atoms with E-state index in [0.29, 0.717) is 41.5 Å². The van der Waals surface area contributed by atoms with E-state index in [9.17, 15) is 14.4 Å². The quantitative estimate of drug-likeness (QED) is 0.608. The molecule has 3 amide bonds. The van der Waals surface area contributed by atoms with Crippen LogP contribution in [0.15, 0.2) is 36.4 Å². The third kappa shape index (κ3) is 4.69. The molecule has 0 saturated heterocycles. The number of fused-ring (bicyclic) bond motifs is 1. The zero-order valence-corrected chi connectivity index (χ0v) is 18.8. The number of hydrogen-bond acceptors (Lipinski definition) is 4. The molecule has 0 fully saturated rings. The molecule has 2 unspecified atom stereocenters. The first-order valence-corrected chi connectivity index (χ1v) is 10.8. The molecule has 0 aliphatic carbocycles. The summed E-state index contributed by atoms with van der Waals surface area (Å²) in [6.07, 6.45) is 0.686. The first-order valence-electron chi connectivity index (χ1n) is 10.00. The number of nitrogens with two attached hydrogens (primary N) is 1. The number of nitrogens with one attached hydrogen (secondary N) is 2.